The first-order chi connectivity index (χ1) is 22.4. The summed E-state index contributed by atoms with van der Waals surface area (Å²) in [5, 5.41) is 21.8. The fourth-order valence-electron chi connectivity index (χ4n) is 6.22. The molecule has 8 nitrogen and oxygen atoms in total. The van der Waals surface area contributed by atoms with Crippen LogP contribution in [0.5, 0.6) is 0 Å². The molecule has 1 aliphatic rings. The van der Waals surface area contributed by atoms with Gasteiger partial charge >= 0.3 is 11.9 Å². The molecule has 0 aromatic heterocycles. The van der Waals surface area contributed by atoms with Gasteiger partial charge in [-0.15, -0.1) is 0 Å². The Balaban J connectivity index is 1.42. The van der Waals surface area contributed by atoms with Crippen molar-refractivity contribution in [1.82, 2.24) is 0 Å². The normalized spacial score (nSPS) is 13.9. The van der Waals surface area contributed by atoms with E-state index >= 15 is 0 Å². The molecular formula is C37H34ClNO7Si. The summed E-state index contributed by atoms with van der Waals surface area (Å²) in [7, 11) is -2.74. The third kappa shape index (κ3) is 6.42. The summed E-state index contributed by atoms with van der Waals surface area (Å²) < 4.78 is 6.98. The van der Waals surface area contributed by atoms with Crippen molar-refractivity contribution in [2.24, 2.45) is 5.92 Å². The molecule has 1 aliphatic heterocycles. The zero-order valence-electron chi connectivity index (χ0n) is 26.1. The first kappa shape index (κ1) is 33.5. The van der Waals surface area contributed by atoms with Gasteiger partial charge < -0.3 is 14.6 Å². The number of hydrogen-bond donors (Lipinski definition) is 2. The van der Waals surface area contributed by atoms with Gasteiger partial charge in [0.1, 0.15) is 0 Å². The smallest absolute Gasteiger partial charge is 0.322 e. The second-order valence-corrected chi connectivity index (χ2v) is 17.0. The van der Waals surface area contributed by atoms with E-state index in [4.69, 9.17) is 16.0 Å². The summed E-state index contributed by atoms with van der Waals surface area (Å²) in [6.45, 7) is 7.03. The molecule has 2 amide bonds. The Hall–Kier alpha value is -4.83. The number of rotatable bonds is 11. The van der Waals surface area contributed by atoms with Crippen LogP contribution < -0.4 is 15.3 Å². The van der Waals surface area contributed by atoms with Gasteiger partial charge in [-0.1, -0.05) is 117 Å². The fourth-order valence-corrected chi connectivity index (χ4v) is 11.0. The van der Waals surface area contributed by atoms with E-state index in [1.807, 2.05) is 36.4 Å². The van der Waals surface area contributed by atoms with Crippen LogP contribution in [0, 0.1) is 5.92 Å². The van der Waals surface area contributed by atoms with Gasteiger partial charge in [-0.05, 0) is 57.2 Å². The minimum atomic E-state index is -2.74. The van der Waals surface area contributed by atoms with Crippen molar-refractivity contribution in [3.05, 3.63) is 131 Å². The molecule has 240 valence electrons. The standard InChI is InChI=1S/C37H34ClNO7Si/c1-37(2,3)47(28-13-6-4-7-14-28,29-15-8-5-9-16-29)46-22-21-24-17-19-27(20-18-24)39-33(40)30(25-11-10-12-26(38)23-25)31(34(39)41)32(35(42)43)36(44)45/h4-20,23,32H,21-22H2,1-3H3,(H,42,43)(H,44,45). The van der Waals surface area contributed by atoms with Crippen molar-refractivity contribution >= 4 is 65.3 Å². The molecule has 0 aliphatic carbocycles. The summed E-state index contributed by atoms with van der Waals surface area (Å²) in [5.41, 5.74) is 0.289. The summed E-state index contributed by atoms with van der Waals surface area (Å²) in [6.07, 6.45) is 0.546. The highest BCUT2D eigenvalue weighted by Gasteiger charge is 2.50. The Bertz CT molecular complexity index is 1800. The van der Waals surface area contributed by atoms with Crippen molar-refractivity contribution < 1.29 is 33.8 Å². The predicted octanol–water partition coefficient (Wildman–Crippen LogP) is 5.57. The monoisotopic (exact) mass is 667 g/mol. The molecule has 0 saturated carbocycles. The topological polar surface area (TPSA) is 121 Å². The summed E-state index contributed by atoms with van der Waals surface area (Å²) in [6, 6.07) is 33.3. The van der Waals surface area contributed by atoms with Gasteiger partial charge in [0.15, 0.2) is 5.92 Å². The maximum Gasteiger partial charge on any atom is 0.322 e. The van der Waals surface area contributed by atoms with Crippen LogP contribution in [0.1, 0.15) is 31.9 Å². The van der Waals surface area contributed by atoms with Crippen LogP contribution in [-0.4, -0.2) is 48.9 Å². The quantitative estimate of drug-likeness (QED) is 0.122. The minimum Gasteiger partial charge on any atom is -0.480 e. The van der Waals surface area contributed by atoms with Crippen LogP contribution >= 0.6 is 11.6 Å². The van der Waals surface area contributed by atoms with Gasteiger partial charge in [-0.2, -0.15) is 0 Å². The highest BCUT2D eigenvalue weighted by Crippen LogP contribution is 2.39. The van der Waals surface area contributed by atoms with Gasteiger partial charge in [-0.25, -0.2) is 4.90 Å². The average Bonchev–Trinajstić information content (AvgIpc) is 3.28. The van der Waals surface area contributed by atoms with E-state index in [1.165, 1.54) is 28.6 Å². The van der Waals surface area contributed by atoms with Crippen molar-refractivity contribution in [2.75, 3.05) is 11.5 Å². The van der Waals surface area contributed by atoms with Crippen molar-refractivity contribution in [2.45, 2.75) is 32.2 Å². The molecular weight excluding hydrogens is 634 g/mol. The Kier molecular flexibility index (Phi) is 9.62. The number of benzene rings is 4. The first-order valence-electron chi connectivity index (χ1n) is 15.0. The van der Waals surface area contributed by atoms with Gasteiger partial charge in [0.2, 0.25) is 0 Å². The molecule has 5 rings (SSSR count). The molecule has 0 fully saturated rings. The lowest BCUT2D eigenvalue weighted by atomic mass is 9.92. The number of hydrogen-bond acceptors (Lipinski definition) is 5. The van der Waals surface area contributed by atoms with Crippen LogP contribution in [0.3, 0.4) is 0 Å². The van der Waals surface area contributed by atoms with E-state index in [1.54, 1.807) is 30.3 Å². The highest BCUT2D eigenvalue weighted by atomic mass is 35.5. The number of carboxylic acid groups (broad SMARTS) is 2. The number of carbonyl (C=O) groups excluding carboxylic acids is 2. The third-order valence-corrected chi connectivity index (χ3v) is 13.6. The Morgan fingerprint density at radius 1 is 0.787 bits per heavy atom. The molecule has 47 heavy (non-hydrogen) atoms. The van der Waals surface area contributed by atoms with Gasteiger partial charge in [0, 0.05) is 11.6 Å². The van der Waals surface area contributed by atoms with Gasteiger partial charge in [0.25, 0.3) is 20.1 Å². The SMILES string of the molecule is CC(C)(C)[Si](OCCc1ccc(N2C(=O)C(c3cccc(Cl)c3)=C(C(C(=O)O)C(=O)O)C2=O)cc1)(c1ccccc1)c1ccccc1. The molecule has 0 saturated heterocycles. The number of nitrogens with zero attached hydrogens (tertiary/aromatic N) is 1. The lowest BCUT2D eigenvalue weighted by Gasteiger charge is -2.43. The molecule has 2 N–H and O–H groups in total. The zero-order valence-corrected chi connectivity index (χ0v) is 27.9. The lowest BCUT2D eigenvalue weighted by Crippen LogP contribution is -2.66. The number of amides is 2. The summed E-state index contributed by atoms with van der Waals surface area (Å²) in [4.78, 5) is 52.2. The molecule has 4 aromatic carbocycles. The first-order valence-corrected chi connectivity index (χ1v) is 17.3. The number of imide groups is 1. The van der Waals surface area contributed by atoms with Crippen LogP contribution in [-0.2, 0) is 30.0 Å². The van der Waals surface area contributed by atoms with Gasteiger partial charge in [-0.3, -0.25) is 19.2 Å². The number of carboxylic acids is 2. The van der Waals surface area contributed by atoms with E-state index in [-0.39, 0.29) is 26.9 Å². The highest BCUT2D eigenvalue weighted by molar-refractivity contribution is 6.99. The van der Waals surface area contributed by atoms with Crippen LogP contribution in [0.15, 0.2) is 115 Å². The average molecular weight is 668 g/mol. The zero-order chi connectivity index (χ0) is 33.9. The maximum atomic E-state index is 13.7. The van der Waals surface area contributed by atoms with E-state index < -0.39 is 43.6 Å². The molecule has 4 aromatic rings. The van der Waals surface area contributed by atoms with Crippen molar-refractivity contribution in [3.63, 3.8) is 0 Å². The van der Waals surface area contributed by atoms with Crippen LogP contribution in [0.4, 0.5) is 5.69 Å². The predicted molar refractivity (Wildman–Crippen MR) is 183 cm³/mol. The number of halogens is 1. The van der Waals surface area contributed by atoms with Crippen molar-refractivity contribution in [3.8, 4) is 0 Å². The molecule has 0 unspecified atom stereocenters. The largest absolute Gasteiger partial charge is 0.480 e. The fraction of sp³-hybridized carbons (Fsp3) is 0.189. The Labute approximate surface area is 279 Å². The van der Waals surface area contributed by atoms with E-state index in [0.717, 1.165) is 10.5 Å². The maximum absolute atomic E-state index is 13.7. The number of carbonyl (C=O) groups is 4. The Morgan fingerprint density at radius 3 is 1.83 bits per heavy atom. The second-order valence-electron chi connectivity index (χ2n) is 12.3. The minimum absolute atomic E-state index is 0.151. The summed E-state index contributed by atoms with van der Waals surface area (Å²) >= 11 is 6.12. The lowest BCUT2D eigenvalue weighted by molar-refractivity contribution is -0.153. The second kappa shape index (κ2) is 13.5. The molecule has 0 atom stereocenters. The van der Waals surface area contributed by atoms with E-state index in [9.17, 15) is 29.4 Å². The van der Waals surface area contributed by atoms with Crippen LogP contribution in [0.2, 0.25) is 10.1 Å². The Morgan fingerprint density at radius 2 is 1.34 bits per heavy atom. The number of aliphatic carboxylic acids is 2. The van der Waals surface area contributed by atoms with E-state index in [0.29, 0.717) is 13.0 Å². The molecule has 0 spiro atoms. The molecule has 10 heteroatoms. The van der Waals surface area contributed by atoms with E-state index in [2.05, 4.69) is 45.0 Å². The van der Waals surface area contributed by atoms with Crippen LogP contribution in [0.25, 0.3) is 5.57 Å². The third-order valence-electron chi connectivity index (χ3n) is 8.34. The van der Waals surface area contributed by atoms with Gasteiger partial charge in [0.05, 0.1) is 16.8 Å². The number of anilines is 1. The van der Waals surface area contributed by atoms with Crippen molar-refractivity contribution in [1.29, 1.82) is 0 Å². The summed E-state index contributed by atoms with van der Waals surface area (Å²) in [5.74, 6) is -7.61. The molecule has 0 radical (unpaired) electrons. The molecule has 0 bridgehead atoms. The molecule has 1 heterocycles.